The highest BCUT2D eigenvalue weighted by molar-refractivity contribution is 6.29. The number of rotatable bonds is 0. The van der Waals surface area contributed by atoms with Crippen molar-refractivity contribution in [1.82, 2.24) is 9.55 Å². The normalized spacial score (nSPS) is 13.1. The van der Waals surface area contributed by atoms with Crippen LogP contribution >= 0.6 is 11.6 Å². The molecule has 1 aliphatic rings. The van der Waals surface area contributed by atoms with Gasteiger partial charge in [0.1, 0.15) is 5.15 Å². The number of aromatic nitrogens is 2. The van der Waals surface area contributed by atoms with Gasteiger partial charge in [-0.3, -0.25) is 4.57 Å². The highest BCUT2D eigenvalue weighted by Crippen LogP contribution is 2.28. The molecule has 0 amide bonds. The third kappa shape index (κ3) is 1.36. The summed E-state index contributed by atoms with van der Waals surface area (Å²) in [6.45, 7) is 0.676. The molecule has 0 unspecified atom stereocenters. The van der Waals surface area contributed by atoms with Crippen LogP contribution < -0.4 is 5.69 Å². The van der Waals surface area contributed by atoms with Gasteiger partial charge in [-0.1, -0.05) is 35.9 Å². The van der Waals surface area contributed by atoms with Gasteiger partial charge in [0, 0.05) is 18.2 Å². The molecule has 0 fully saturated rings. The van der Waals surface area contributed by atoms with Crippen LogP contribution in [-0.2, 0) is 13.0 Å². The third-order valence-electron chi connectivity index (χ3n) is 2.88. The molecule has 4 heteroatoms. The number of halogens is 1. The summed E-state index contributed by atoms with van der Waals surface area (Å²) in [5.74, 6) is 0. The molecule has 2 aromatic rings. The van der Waals surface area contributed by atoms with Crippen molar-refractivity contribution in [2.45, 2.75) is 13.0 Å². The Bertz CT molecular complexity index is 619. The van der Waals surface area contributed by atoms with E-state index in [0.717, 1.165) is 17.7 Å². The lowest BCUT2D eigenvalue weighted by Crippen LogP contribution is -2.28. The molecule has 0 saturated carbocycles. The summed E-state index contributed by atoms with van der Waals surface area (Å²) in [6, 6.07) is 9.82. The van der Waals surface area contributed by atoms with E-state index >= 15 is 0 Å². The summed E-state index contributed by atoms with van der Waals surface area (Å²) >= 11 is 5.82. The van der Waals surface area contributed by atoms with Crippen LogP contribution in [0.1, 0.15) is 5.56 Å². The van der Waals surface area contributed by atoms with Crippen LogP contribution in [-0.4, -0.2) is 9.55 Å². The Labute approximate surface area is 97.3 Å². The Balaban J connectivity index is 2.36. The molecule has 1 aromatic heterocycles. The van der Waals surface area contributed by atoms with Crippen molar-refractivity contribution < 1.29 is 0 Å². The predicted molar refractivity (Wildman–Crippen MR) is 62.6 cm³/mol. The second-order valence-electron chi connectivity index (χ2n) is 3.81. The van der Waals surface area contributed by atoms with Gasteiger partial charge in [-0.2, -0.15) is 4.98 Å². The number of aryl methyl sites for hydroxylation is 1. The molecule has 0 atom stereocenters. The van der Waals surface area contributed by atoms with Gasteiger partial charge >= 0.3 is 5.69 Å². The highest BCUT2D eigenvalue weighted by atomic mass is 35.5. The Morgan fingerprint density at radius 2 is 2.12 bits per heavy atom. The van der Waals surface area contributed by atoms with E-state index in [-0.39, 0.29) is 10.8 Å². The Kier molecular flexibility index (Phi) is 2.07. The van der Waals surface area contributed by atoms with Gasteiger partial charge in [0.15, 0.2) is 0 Å². The third-order valence-corrected chi connectivity index (χ3v) is 3.07. The average molecular weight is 233 g/mol. The Hall–Kier alpha value is -1.61. The lowest BCUT2D eigenvalue weighted by atomic mass is 9.98. The van der Waals surface area contributed by atoms with Crippen molar-refractivity contribution in [3.63, 3.8) is 0 Å². The van der Waals surface area contributed by atoms with E-state index in [2.05, 4.69) is 11.1 Å². The molecule has 0 aliphatic carbocycles. The summed E-state index contributed by atoms with van der Waals surface area (Å²) in [7, 11) is 0. The second-order valence-corrected chi connectivity index (χ2v) is 4.19. The lowest BCUT2D eigenvalue weighted by molar-refractivity contribution is 0.640. The summed E-state index contributed by atoms with van der Waals surface area (Å²) in [5, 5.41) is 0.257. The van der Waals surface area contributed by atoms with Crippen molar-refractivity contribution in [3.8, 4) is 11.3 Å². The van der Waals surface area contributed by atoms with Crippen molar-refractivity contribution in [3.05, 3.63) is 51.5 Å². The molecule has 3 rings (SSSR count). The zero-order chi connectivity index (χ0) is 11.1. The highest BCUT2D eigenvalue weighted by Gasteiger charge is 2.17. The van der Waals surface area contributed by atoms with E-state index in [1.165, 1.54) is 5.56 Å². The quantitative estimate of drug-likeness (QED) is 0.652. The van der Waals surface area contributed by atoms with E-state index in [1.807, 2.05) is 18.2 Å². The Morgan fingerprint density at radius 3 is 3.00 bits per heavy atom. The minimum Gasteiger partial charge on any atom is -0.291 e. The number of hydrogen-bond donors (Lipinski definition) is 0. The van der Waals surface area contributed by atoms with Gasteiger partial charge in [-0.15, -0.1) is 0 Å². The van der Waals surface area contributed by atoms with E-state index < -0.39 is 0 Å². The fourth-order valence-corrected chi connectivity index (χ4v) is 2.31. The molecule has 1 aliphatic heterocycles. The molecular weight excluding hydrogens is 224 g/mol. The number of hydrogen-bond acceptors (Lipinski definition) is 2. The first-order valence-corrected chi connectivity index (χ1v) is 5.49. The summed E-state index contributed by atoms with van der Waals surface area (Å²) in [6.07, 6.45) is 0.867. The molecule has 0 N–H and O–H groups in total. The molecule has 0 radical (unpaired) electrons. The van der Waals surface area contributed by atoms with E-state index in [9.17, 15) is 4.79 Å². The predicted octanol–water partition coefficient (Wildman–Crippen LogP) is 2.12. The molecule has 16 heavy (non-hydrogen) atoms. The van der Waals surface area contributed by atoms with Gasteiger partial charge in [0.05, 0.1) is 5.69 Å². The Morgan fingerprint density at radius 1 is 1.31 bits per heavy atom. The fourth-order valence-electron chi connectivity index (χ4n) is 2.14. The van der Waals surface area contributed by atoms with Crippen LogP contribution in [0, 0.1) is 0 Å². The fraction of sp³-hybridized carbons (Fsp3) is 0.167. The maximum Gasteiger partial charge on any atom is 0.349 e. The van der Waals surface area contributed by atoms with Gasteiger partial charge < -0.3 is 0 Å². The molecular formula is C12H9ClN2O. The molecule has 80 valence electrons. The van der Waals surface area contributed by atoms with Crippen LogP contribution in [0.5, 0.6) is 0 Å². The largest absolute Gasteiger partial charge is 0.349 e. The SMILES string of the molecule is O=c1nc(Cl)cc2n1CCc1ccccc1-2. The zero-order valence-corrected chi connectivity index (χ0v) is 9.24. The summed E-state index contributed by atoms with van der Waals surface area (Å²) in [5.41, 5.74) is 2.93. The number of benzene rings is 1. The van der Waals surface area contributed by atoms with Crippen molar-refractivity contribution in [2.24, 2.45) is 0 Å². The van der Waals surface area contributed by atoms with Gasteiger partial charge in [0.2, 0.25) is 0 Å². The summed E-state index contributed by atoms with van der Waals surface area (Å²) < 4.78 is 1.67. The molecule has 0 bridgehead atoms. The monoisotopic (exact) mass is 232 g/mol. The molecule has 0 saturated heterocycles. The standard InChI is InChI=1S/C12H9ClN2O/c13-11-7-10-9-4-2-1-3-8(9)5-6-15(10)12(16)14-11/h1-4,7H,5-6H2. The molecule has 1 aromatic carbocycles. The first-order valence-electron chi connectivity index (χ1n) is 5.11. The maximum absolute atomic E-state index is 11.7. The minimum absolute atomic E-state index is 0.257. The van der Waals surface area contributed by atoms with Crippen LogP contribution in [0.4, 0.5) is 0 Å². The minimum atomic E-state index is -0.267. The van der Waals surface area contributed by atoms with E-state index in [1.54, 1.807) is 10.6 Å². The van der Waals surface area contributed by atoms with E-state index in [0.29, 0.717) is 6.54 Å². The van der Waals surface area contributed by atoms with Crippen molar-refractivity contribution in [2.75, 3.05) is 0 Å². The van der Waals surface area contributed by atoms with Crippen LogP contribution in [0.15, 0.2) is 35.1 Å². The first-order chi connectivity index (χ1) is 7.75. The van der Waals surface area contributed by atoms with Gasteiger partial charge in [-0.25, -0.2) is 4.79 Å². The maximum atomic E-state index is 11.7. The number of nitrogens with zero attached hydrogens (tertiary/aromatic N) is 2. The molecule has 0 spiro atoms. The van der Waals surface area contributed by atoms with Gasteiger partial charge in [-0.05, 0) is 12.0 Å². The topological polar surface area (TPSA) is 34.9 Å². The van der Waals surface area contributed by atoms with Gasteiger partial charge in [0.25, 0.3) is 0 Å². The first kappa shape index (κ1) is 9.60. The van der Waals surface area contributed by atoms with Crippen molar-refractivity contribution >= 4 is 11.6 Å². The van der Waals surface area contributed by atoms with Crippen molar-refractivity contribution in [1.29, 1.82) is 0 Å². The average Bonchev–Trinajstić information content (AvgIpc) is 2.28. The smallest absolute Gasteiger partial charge is 0.291 e. The van der Waals surface area contributed by atoms with Crippen LogP contribution in [0.25, 0.3) is 11.3 Å². The molecule has 2 heterocycles. The van der Waals surface area contributed by atoms with E-state index in [4.69, 9.17) is 11.6 Å². The van der Waals surface area contributed by atoms with Crippen LogP contribution in [0.3, 0.4) is 0 Å². The second kappa shape index (κ2) is 3.46. The lowest BCUT2D eigenvalue weighted by Gasteiger charge is -2.20. The summed E-state index contributed by atoms with van der Waals surface area (Å²) in [4.78, 5) is 15.4. The number of fused-ring (bicyclic) bond motifs is 3. The zero-order valence-electron chi connectivity index (χ0n) is 8.48. The van der Waals surface area contributed by atoms with Crippen LogP contribution in [0.2, 0.25) is 5.15 Å². The molecule has 3 nitrogen and oxygen atoms in total.